The lowest BCUT2D eigenvalue weighted by Crippen LogP contribution is -1.86. The third kappa shape index (κ3) is 9.40. The van der Waals surface area contributed by atoms with E-state index >= 15 is 0 Å². The predicted molar refractivity (Wildman–Crippen MR) is 45.1 cm³/mol. The molecule has 0 aliphatic rings. The van der Waals surface area contributed by atoms with E-state index in [1.54, 1.807) is 0 Å². The van der Waals surface area contributed by atoms with Gasteiger partial charge in [0.2, 0.25) is 0 Å². The van der Waals surface area contributed by atoms with E-state index < -0.39 is 6.58 Å². The fraction of sp³-hybridized carbons (Fsp3) is 1.00. The minimum absolute atomic E-state index is 0.607. The van der Waals surface area contributed by atoms with E-state index in [4.69, 9.17) is 1.37 Å². The Bertz CT molecular complexity index is 111. The molecule has 0 fully saturated rings. The van der Waals surface area contributed by atoms with Gasteiger partial charge >= 0.3 is 0 Å². The Morgan fingerprint density at radius 1 is 1.27 bits per heavy atom. The predicted octanol–water partition coefficient (Wildman–Crippen LogP) is 3.04. The maximum atomic E-state index is 9.56. The molecule has 3 heteroatoms. The van der Waals surface area contributed by atoms with Crippen LogP contribution in [0.2, 0.25) is 0 Å². The van der Waals surface area contributed by atoms with Crippen molar-refractivity contribution < 1.29 is 6.21 Å². The molecule has 0 saturated carbocycles. The van der Waals surface area contributed by atoms with Crippen molar-refractivity contribution in [2.75, 3.05) is 6.58 Å². The highest BCUT2D eigenvalue weighted by Gasteiger charge is 1.89. The second kappa shape index (κ2) is 9.40. The van der Waals surface area contributed by atoms with Gasteiger partial charge in [0.05, 0.1) is 1.37 Å². The summed E-state index contributed by atoms with van der Waals surface area (Å²) in [5.74, 6) is 0. The third-order valence-corrected chi connectivity index (χ3v) is 1.54. The summed E-state index contributed by atoms with van der Waals surface area (Å²) in [6.07, 6.45) is 6.34. The second-order valence-electron chi connectivity index (χ2n) is 2.55. The first kappa shape index (κ1) is 8.50. The first-order valence-electron chi connectivity index (χ1n) is 4.79. The van der Waals surface area contributed by atoms with Crippen LogP contribution in [0.25, 0.3) is 0 Å². The van der Waals surface area contributed by atoms with Gasteiger partial charge in [-0.1, -0.05) is 32.6 Å². The zero-order valence-electron chi connectivity index (χ0n) is 8.08. The van der Waals surface area contributed by atoms with Gasteiger partial charge in [0, 0.05) is 0 Å². The number of rotatable bonds is 8. The lowest BCUT2D eigenvalue weighted by molar-refractivity contribution is 0.135. The molecule has 0 heterocycles. The molecule has 0 saturated heterocycles. The Kier molecular flexibility index (Phi) is 7.26. The summed E-state index contributed by atoms with van der Waals surface area (Å²) in [5, 5.41) is 2.21. The zero-order valence-corrected chi connectivity index (χ0v) is 7.08. The van der Waals surface area contributed by atoms with Gasteiger partial charge in [-0.05, 0) is 12.8 Å². The Morgan fingerprint density at radius 3 is 2.55 bits per heavy atom. The van der Waals surface area contributed by atoms with Crippen LogP contribution in [0.15, 0.2) is 5.34 Å². The molecular weight excluding hydrogens is 142 g/mol. The fourth-order valence-corrected chi connectivity index (χ4v) is 0.914. The number of hydrogen-bond donors (Lipinski definition) is 0. The van der Waals surface area contributed by atoms with E-state index in [1.165, 1.54) is 19.3 Å². The van der Waals surface area contributed by atoms with Gasteiger partial charge in [-0.2, -0.15) is 0 Å². The maximum Gasteiger partial charge on any atom is 0.155 e. The topological polar surface area (TPSA) is 38.7 Å². The SMILES string of the molecule is [2H][C@H](CCCCCCC)ON=O. The maximum absolute atomic E-state index is 9.56. The molecule has 0 amide bonds. The van der Waals surface area contributed by atoms with Crippen molar-refractivity contribution in [1.82, 2.24) is 0 Å². The van der Waals surface area contributed by atoms with Crippen LogP contribution in [0.3, 0.4) is 0 Å². The molecule has 0 rings (SSSR count). The van der Waals surface area contributed by atoms with Gasteiger partial charge in [0.1, 0.15) is 6.58 Å². The number of unbranched alkanes of at least 4 members (excludes halogenated alkanes) is 4. The first-order chi connectivity index (χ1) is 5.81. The average molecular weight is 160 g/mol. The van der Waals surface area contributed by atoms with Crippen LogP contribution in [0.5, 0.6) is 0 Å². The third-order valence-electron chi connectivity index (χ3n) is 1.54. The van der Waals surface area contributed by atoms with Crippen molar-refractivity contribution in [3.05, 3.63) is 4.91 Å². The van der Waals surface area contributed by atoms with E-state index in [9.17, 15) is 4.91 Å². The van der Waals surface area contributed by atoms with E-state index in [1.807, 2.05) is 0 Å². The summed E-state index contributed by atoms with van der Waals surface area (Å²) in [6.45, 7) is 1.40. The van der Waals surface area contributed by atoms with E-state index in [0.29, 0.717) is 6.42 Å². The summed E-state index contributed by atoms with van der Waals surface area (Å²) in [7, 11) is 0. The van der Waals surface area contributed by atoms with Crippen molar-refractivity contribution in [2.24, 2.45) is 5.34 Å². The monoisotopic (exact) mass is 160 g/mol. The average Bonchev–Trinajstić information content (AvgIpc) is 2.05. The Morgan fingerprint density at radius 2 is 1.91 bits per heavy atom. The van der Waals surface area contributed by atoms with Crippen LogP contribution >= 0.6 is 0 Å². The second-order valence-corrected chi connectivity index (χ2v) is 2.55. The smallest absolute Gasteiger partial charge is 0.155 e. The van der Waals surface area contributed by atoms with Gasteiger partial charge in [-0.25, -0.2) is 0 Å². The van der Waals surface area contributed by atoms with Crippen LogP contribution in [0.4, 0.5) is 0 Å². The lowest BCUT2D eigenvalue weighted by atomic mass is 10.1. The largest absolute Gasteiger partial charge is 0.364 e. The van der Waals surface area contributed by atoms with Crippen molar-refractivity contribution in [3.63, 3.8) is 0 Å². The van der Waals surface area contributed by atoms with Crippen molar-refractivity contribution in [2.45, 2.75) is 45.4 Å². The minimum Gasteiger partial charge on any atom is -0.364 e. The number of hydrogen-bond acceptors (Lipinski definition) is 3. The Labute approximate surface area is 69.5 Å². The van der Waals surface area contributed by atoms with E-state index in [2.05, 4.69) is 17.1 Å². The molecule has 3 nitrogen and oxygen atoms in total. The molecule has 1 atom stereocenters. The summed E-state index contributed by atoms with van der Waals surface area (Å²) >= 11 is 0. The highest BCUT2D eigenvalue weighted by Crippen LogP contribution is 2.04. The molecule has 0 aliphatic carbocycles. The highest BCUT2D eigenvalue weighted by molar-refractivity contribution is 4.42. The number of nitrogens with zero attached hydrogens (tertiary/aromatic N) is 1. The van der Waals surface area contributed by atoms with Crippen molar-refractivity contribution in [3.8, 4) is 0 Å². The molecule has 11 heavy (non-hydrogen) atoms. The first-order valence-corrected chi connectivity index (χ1v) is 4.22. The lowest BCUT2D eigenvalue weighted by Gasteiger charge is -1.97. The van der Waals surface area contributed by atoms with E-state index in [0.717, 1.165) is 12.8 Å². The minimum atomic E-state index is -0.760. The molecule has 0 N–H and O–H groups in total. The summed E-state index contributed by atoms with van der Waals surface area (Å²) in [4.78, 5) is 13.7. The molecule has 0 spiro atoms. The Hall–Kier alpha value is -0.600. The highest BCUT2D eigenvalue weighted by atomic mass is 16.7. The normalized spacial score (nSPS) is 13.7. The van der Waals surface area contributed by atoms with Crippen LogP contribution in [0.1, 0.15) is 46.8 Å². The Balaban J connectivity index is 3.02. The molecule has 0 aliphatic heterocycles. The van der Waals surface area contributed by atoms with Gasteiger partial charge in [0.15, 0.2) is 5.34 Å². The summed E-state index contributed by atoms with van der Waals surface area (Å²) < 4.78 is 7.14. The van der Waals surface area contributed by atoms with Crippen LogP contribution in [-0.4, -0.2) is 6.58 Å². The molecule has 0 bridgehead atoms. The summed E-state index contributed by atoms with van der Waals surface area (Å²) in [5.41, 5.74) is 0. The quantitative estimate of drug-likeness (QED) is 0.311. The standard InChI is InChI=1S/C8H17NO2/c1-2-3-4-5-6-7-8-11-9-10/h2-8H2,1H3/i8D/t8-/m1/s1. The van der Waals surface area contributed by atoms with Crippen LogP contribution in [0, 0.1) is 4.91 Å². The van der Waals surface area contributed by atoms with Gasteiger partial charge < -0.3 is 4.84 Å². The molecule has 0 aromatic heterocycles. The van der Waals surface area contributed by atoms with E-state index in [-0.39, 0.29) is 0 Å². The van der Waals surface area contributed by atoms with Crippen LogP contribution < -0.4 is 0 Å². The fourth-order valence-electron chi connectivity index (χ4n) is 0.914. The molecule has 0 aromatic rings. The van der Waals surface area contributed by atoms with Crippen molar-refractivity contribution >= 4 is 0 Å². The van der Waals surface area contributed by atoms with Crippen LogP contribution in [-0.2, 0) is 4.84 Å². The van der Waals surface area contributed by atoms with Gasteiger partial charge in [-0.3, -0.25) is 0 Å². The molecule has 0 aromatic carbocycles. The molecule has 66 valence electrons. The molecule has 0 radical (unpaired) electrons. The molecule has 0 unspecified atom stereocenters. The molecular formula is C8H17NO2. The van der Waals surface area contributed by atoms with Crippen molar-refractivity contribution in [1.29, 1.82) is 0 Å². The summed E-state index contributed by atoms with van der Waals surface area (Å²) in [6, 6.07) is 0. The van der Waals surface area contributed by atoms with Gasteiger partial charge in [0.25, 0.3) is 0 Å². The van der Waals surface area contributed by atoms with Gasteiger partial charge in [-0.15, -0.1) is 4.91 Å². The zero-order chi connectivity index (χ0) is 9.23.